The molecule has 0 aromatic heterocycles. The first-order chi connectivity index (χ1) is 6.94. The van der Waals surface area contributed by atoms with E-state index in [2.05, 4.69) is 11.9 Å². The van der Waals surface area contributed by atoms with E-state index in [1.165, 1.54) is 0 Å². The van der Waals surface area contributed by atoms with Gasteiger partial charge >= 0.3 is 0 Å². The van der Waals surface area contributed by atoms with Gasteiger partial charge in [0.05, 0.1) is 0 Å². The summed E-state index contributed by atoms with van der Waals surface area (Å²) in [5.74, 6) is -0.354. The van der Waals surface area contributed by atoms with Gasteiger partial charge in [-0.3, -0.25) is 4.79 Å². The van der Waals surface area contributed by atoms with E-state index in [1.807, 2.05) is 0 Å². The minimum atomic E-state index is -2.02. The summed E-state index contributed by atoms with van der Waals surface area (Å²) in [6.45, 7) is 3.58. The molecule has 0 spiro atoms. The Morgan fingerprint density at radius 2 is 2.27 bits per heavy atom. The van der Waals surface area contributed by atoms with E-state index < -0.39 is 21.5 Å². The normalized spacial score (nSPS) is 37.9. The van der Waals surface area contributed by atoms with Gasteiger partial charge in [-0.25, -0.2) is 4.21 Å². The molecule has 84 valence electrons. The molecule has 0 bridgehead atoms. The minimum absolute atomic E-state index is 0.0135. The number of hydrogen-bond donors (Lipinski definition) is 3. The molecule has 2 rings (SSSR count). The van der Waals surface area contributed by atoms with Crippen molar-refractivity contribution in [1.82, 2.24) is 5.32 Å². The number of carbonyl (C=O) groups is 1. The molecule has 5 nitrogen and oxygen atoms in total. The Kier molecular flexibility index (Phi) is 2.25. The first kappa shape index (κ1) is 10.8. The smallest absolute Gasteiger partial charge is 0.241 e. The van der Waals surface area contributed by atoms with E-state index in [-0.39, 0.29) is 11.8 Å². The van der Waals surface area contributed by atoms with Gasteiger partial charge in [0.25, 0.3) is 0 Å². The third kappa shape index (κ3) is 1.62. The highest BCUT2D eigenvalue weighted by atomic mass is 32.2. The molecule has 6 heteroatoms. The van der Waals surface area contributed by atoms with Gasteiger partial charge < -0.3 is 15.6 Å². The fraction of sp³-hybridized carbons (Fsp3) is 0.667. The average molecular weight is 230 g/mol. The van der Waals surface area contributed by atoms with Crippen molar-refractivity contribution in [2.75, 3.05) is 0 Å². The van der Waals surface area contributed by atoms with Crippen molar-refractivity contribution in [3.63, 3.8) is 0 Å². The Morgan fingerprint density at radius 3 is 2.60 bits per heavy atom. The molecule has 0 heterocycles. The first-order valence-corrected chi connectivity index (χ1v) is 5.90. The van der Waals surface area contributed by atoms with Crippen LogP contribution in [0.3, 0.4) is 0 Å². The Hall–Kier alpha value is -0.720. The molecule has 2 aliphatic carbocycles. The van der Waals surface area contributed by atoms with Crippen molar-refractivity contribution in [3.8, 4) is 0 Å². The summed E-state index contributed by atoms with van der Waals surface area (Å²) < 4.78 is 20.0. The molecule has 0 saturated heterocycles. The molecule has 2 aliphatic rings. The van der Waals surface area contributed by atoms with Crippen LogP contribution in [0.25, 0.3) is 0 Å². The Balaban J connectivity index is 2.00. The van der Waals surface area contributed by atoms with Crippen molar-refractivity contribution >= 4 is 17.0 Å². The Morgan fingerprint density at radius 1 is 1.67 bits per heavy atom. The zero-order valence-electron chi connectivity index (χ0n) is 8.23. The molecule has 0 aromatic carbocycles. The van der Waals surface area contributed by atoms with Gasteiger partial charge in [0, 0.05) is 5.92 Å². The number of hydrogen-bond acceptors (Lipinski definition) is 3. The summed E-state index contributed by atoms with van der Waals surface area (Å²) in [5, 5.41) is 2.57. The van der Waals surface area contributed by atoms with Gasteiger partial charge in [-0.15, -0.1) is 6.58 Å². The second-order valence-corrected chi connectivity index (χ2v) is 5.56. The van der Waals surface area contributed by atoms with Crippen LogP contribution in [0.2, 0.25) is 0 Å². The Labute approximate surface area is 90.4 Å². The average Bonchev–Trinajstić information content (AvgIpc) is 3.03. The summed E-state index contributed by atoms with van der Waals surface area (Å²) in [6, 6.07) is 0. The maximum Gasteiger partial charge on any atom is 0.241 e. The zero-order chi connectivity index (χ0) is 11.3. The number of rotatable bonds is 4. The largest absolute Gasteiger partial charge is 0.336 e. The monoisotopic (exact) mass is 230 g/mol. The number of nitrogens with one attached hydrogen (secondary N) is 1. The molecule has 3 unspecified atom stereocenters. The molecule has 2 fully saturated rings. The van der Waals surface area contributed by atoms with E-state index in [0.29, 0.717) is 19.3 Å². The minimum Gasteiger partial charge on any atom is -0.336 e. The Bertz CT molecular complexity index is 353. The molecule has 15 heavy (non-hydrogen) atoms. The standard InChI is InChI=1S/C9H14N2O3S/c1-2-6-5-9(6,10)7(12)11-8(3-4-8)15(13)14/h2,6H,1,3-5,10H2,(H,11,12)(H,13,14). The lowest BCUT2D eigenvalue weighted by atomic mass is 10.2. The fourth-order valence-electron chi connectivity index (χ4n) is 1.64. The van der Waals surface area contributed by atoms with Crippen molar-refractivity contribution in [3.05, 3.63) is 12.7 Å². The van der Waals surface area contributed by atoms with Gasteiger partial charge in [0.15, 0.2) is 11.1 Å². The van der Waals surface area contributed by atoms with E-state index in [4.69, 9.17) is 10.3 Å². The fourth-order valence-corrected chi connectivity index (χ4v) is 2.27. The molecular weight excluding hydrogens is 216 g/mol. The summed E-state index contributed by atoms with van der Waals surface area (Å²) in [5.41, 5.74) is 4.91. The van der Waals surface area contributed by atoms with Gasteiger partial charge in [0.1, 0.15) is 10.4 Å². The molecule has 0 aliphatic heterocycles. The number of amides is 1. The third-order valence-electron chi connectivity index (χ3n) is 3.15. The SMILES string of the molecule is C=CC1CC1(N)C(=O)NC1(S(=O)O)CC1. The van der Waals surface area contributed by atoms with Crippen LogP contribution in [0.15, 0.2) is 12.7 Å². The van der Waals surface area contributed by atoms with Gasteiger partial charge in [0.2, 0.25) is 5.91 Å². The lowest BCUT2D eigenvalue weighted by molar-refractivity contribution is -0.123. The van der Waals surface area contributed by atoms with Crippen LogP contribution < -0.4 is 11.1 Å². The lowest BCUT2D eigenvalue weighted by Gasteiger charge is -2.17. The van der Waals surface area contributed by atoms with Gasteiger partial charge in [-0.2, -0.15) is 0 Å². The zero-order valence-corrected chi connectivity index (χ0v) is 9.05. The van der Waals surface area contributed by atoms with Crippen molar-refractivity contribution in [2.45, 2.75) is 29.7 Å². The van der Waals surface area contributed by atoms with Crippen molar-refractivity contribution in [1.29, 1.82) is 0 Å². The quantitative estimate of drug-likeness (QED) is 0.457. The second-order valence-electron chi connectivity index (χ2n) is 4.28. The topological polar surface area (TPSA) is 92.4 Å². The highest BCUT2D eigenvalue weighted by Gasteiger charge is 2.59. The first-order valence-electron chi connectivity index (χ1n) is 4.80. The number of nitrogens with two attached hydrogens (primary N) is 1. The van der Waals surface area contributed by atoms with Gasteiger partial charge in [-0.1, -0.05) is 6.08 Å². The van der Waals surface area contributed by atoms with Crippen LogP contribution in [0.5, 0.6) is 0 Å². The summed E-state index contributed by atoms with van der Waals surface area (Å²) in [7, 11) is 0. The van der Waals surface area contributed by atoms with Crippen LogP contribution in [-0.4, -0.2) is 25.1 Å². The molecule has 3 atom stereocenters. The summed E-state index contributed by atoms with van der Waals surface area (Å²) >= 11 is -2.02. The van der Waals surface area contributed by atoms with Crippen LogP contribution in [0.4, 0.5) is 0 Å². The summed E-state index contributed by atoms with van der Waals surface area (Å²) in [6.07, 6.45) is 3.29. The van der Waals surface area contributed by atoms with Crippen LogP contribution >= 0.6 is 0 Å². The van der Waals surface area contributed by atoms with E-state index in [9.17, 15) is 9.00 Å². The van der Waals surface area contributed by atoms with Crippen LogP contribution in [0, 0.1) is 5.92 Å². The lowest BCUT2D eigenvalue weighted by Crippen LogP contribution is -2.50. The maximum absolute atomic E-state index is 11.7. The third-order valence-corrected chi connectivity index (χ3v) is 4.33. The second kappa shape index (κ2) is 3.13. The predicted molar refractivity (Wildman–Crippen MR) is 56.1 cm³/mol. The molecule has 0 radical (unpaired) electrons. The van der Waals surface area contributed by atoms with E-state index in [1.54, 1.807) is 6.08 Å². The van der Waals surface area contributed by atoms with Crippen molar-refractivity contribution in [2.24, 2.45) is 11.7 Å². The molecule has 4 N–H and O–H groups in total. The molecule has 0 aromatic rings. The highest BCUT2D eigenvalue weighted by molar-refractivity contribution is 7.81. The van der Waals surface area contributed by atoms with Crippen LogP contribution in [0.1, 0.15) is 19.3 Å². The van der Waals surface area contributed by atoms with Crippen LogP contribution in [-0.2, 0) is 15.9 Å². The van der Waals surface area contributed by atoms with Crippen molar-refractivity contribution < 1.29 is 13.6 Å². The van der Waals surface area contributed by atoms with E-state index >= 15 is 0 Å². The molecule has 1 amide bonds. The summed E-state index contributed by atoms with van der Waals surface area (Å²) in [4.78, 5) is 10.8. The number of carbonyl (C=O) groups excluding carboxylic acids is 1. The maximum atomic E-state index is 11.7. The van der Waals surface area contributed by atoms with E-state index in [0.717, 1.165) is 0 Å². The molecular formula is C9H14N2O3S. The molecule has 2 saturated carbocycles. The highest BCUT2D eigenvalue weighted by Crippen LogP contribution is 2.44. The van der Waals surface area contributed by atoms with Gasteiger partial charge in [-0.05, 0) is 19.3 Å². The predicted octanol–water partition coefficient (Wildman–Crippen LogP) is -0.282.